The highest BCUT2D eigenvalue weighted by molar-refractivity contribution is 7.20. The lowest BCUT2D eigenvalue weighted by atomic mass is 10.1. The largest absolute Gasteiger partial charge is 0.461 e. The molecule has 0 saturated heterocycles. The van der Waals surface area contributed by atoms with E-state index < -0.39 is 0 Å². The summed E-state index contributed by atoms with van der Waals surface area (Å²) in [6, 6.07) is 9.23. The molecule has 3 heterocycles. The first-order valence-corrected chi connectivity index (χ1v) is 8.73. The number of anilines is 1. The van der Waals surface area contributed by atoms with Crippen LogP contribution in [0.25, 0.3) is 21.8 Å². The summed E-state index contributed by atoms with van der Waals surface area (Å²) >= 11 is 1.30. The van der Waals surface area contributed by atoms with Crippen LogP contribution in [-0.2, 0) is 0 Å². The minimum atomic E-state index is -0.350. The second-order valence-electron chi connectivity index (χ2n) is 5.81. The van der Waals surface area contributed by atoms with Crippen LogP contribution in [0.15, 0.2) is 47.1 Å². The highest BCUT2D eigenvalue weighted by Gasteiger charge is 2.20. The van der Waals surface area contributed by atoms with E-state index in [0.717, 1.165) is 21.5 Å². The smallest absolute Gasteiger partial charge is 0.266 e. The van der Waals surface area contributed by atoms with Crippen LogP contribution in [0, 0.1) is 19.7 Å². The number of nitrogens with one attached hydrogen (secondary N) is 1. The summed E-state index contributed by atoms with van der Waals surface area (Å²) in [7, 11) is 0. The fraction of sp³-hybridized carbons (Fsp3) is 0.105. The number of carbonyl (C=O) groups excluding carboxylic acids is 1. The second-order valence-corrected chi connectivity index (χ2v) is 6.81. The predicted octanol–water partition coefficient (Wildman–Crippen LogP) is 4.96. The Labute approximate surface area is 152 Å². The summed E-state index contributed by atoms with van der Waals surface area (Å²) in [5.74, 6) is 0.471. The molecule has 0 bridgehead atoms. The number of halogens is 1. The van der Waals surface area contributed by atoms with Gasteiger partial charge in [0.05, 0.1) is 16.8 Å². The Hall–Kier alpha value is -3.06. The number of benzene rings is 1. The van der Waals surface area contributed by atoms with Gasteiger partial charge in [-0.2, -0.15) is 0 Å². The Morgan fingerprint density at radius 3 is 2.62 bits per heavy atom. The van der Waals surface area contributed by atoms with Gasteiger partial charge in [-0.25, -0.2) is 14.4 Å². The summed E-state index contributed by atoms with van der Waals surface area (Å²) in [5, 5.41) is 3.66. The van der Waals surface area contributed by atoms with Gasteiger partial charge in [0.15, 0.2) is 11.6 Å². The van der Waals surface area contributed by atoms with Crippen molar-refractivity contribution in [3.05, 3.63) is 64.6 Å². The number of hydrogen-bond acceptors (Lipinski definition) is 5. The van der Waals surface area contributed by atoms with Crippen LogP contribution in [0.3, 0.4) is 0 Å². The minimum absolute atomic E-state index is 0.254. The van der Waals surface area contributed by atoms with Crippen molar-refractivity contribution in [1.29, 1.82) is 0 Å². The van der Waals surface area contributed by atoms with Gasteiger partial charge in [0.2, 0.25) is 0 Å². The van der Waals surface area contributed by atoms with Crippen LogP contribution in [0.4, 0.5) is 10.1 Å². The molecule has 0 spiro atoms. The van der Waals surface area contributed by atoms with Gasteiger partial charge in [-0.1, -0.05) is 0 Å². The molecule has 130 valence electrons. The minimum Gasteiger partial charge on any atom is -0.461 e. The van der Waals surface area contributed by atoms with Gasteiger partial charge in [0.1, 0.15) is 10.6 Å². The quantitative estimate of drug-likeness (QED) is 0.556. The Morgan fingerprint density at radius 2 is 1.92 bits per heavy atom. The van der Waals surface area contributed by atoms with Crippen molar-refractivity contribution in [1.82, 2.24) is 9.97 Å². The summed E-state index contributed by atoms with van der Waals surface area (Å²) in [6.07, 6.45) is 1.57. The Bertz CT molecular complexity index is 1100. The number of amides is 1. The van der Waals surface area contributed by atoms with Crippen molar-refractivity contribution in [2.75, 3.05) is 5.32 Å². The number of nitrogens with zero attached hydrogens (tertiary/aromatic N) is 2. The summed E-state index contributed by atoms with van der Waals surface area (Å²) in [6.45, 7) is 3.76. The lowest BCUT2D eigenvalue weighted by molar-refractivity contribution is 0.103. The molecule has 0 aliphatic rings. The highest BCUT2D eigenvalue weighted by atomic mass is 32.1. The summed E-state index contributed by atoms with van der Waals surface area (Å²) < 4.78 is 18.4. The van der Waals surface area contributed by atoms with Crippen molar-refractivity contribution < 1.29 is 13.6 Å². The summed E-state index contributed by atoms with van der Waals surface area (Å²) in [5.41, 5.74) is 2.15. The molecule has 26 heavy (non-hydrogen) atoms. The van der Waals surface area contributed by atoms with Gasteiger partial charge in [0, 0.05) is 11.1 Å². The standard InChI is InChI=1S/C19H14FN3O2S/c1-10-15-11(2)21-17(14-4-3-9-25-14)23-19(15)26-16(10)18(24)22-13-7-5-12(20)6-8-13/h3-9H,1-2H3,(H,22,24). The molecule has 1 aromatic carbocycles. The van der Waals surface area contributed by atoms with E-state index in [9.17, 15) is 9.18 Å². The molecule has 0 radical (unpaired) electrons. The fourth-order valence-electron chi connectivity index (χ4n) is 2.79. The van der Waals surface area contributed by atoms with E-state index in [1.54, 1.807) is 18.4 Å². The van der Waals surface area contributed by atoms with E-state index in [4.69, 9.17) is 4.42 Å². The van der Waals surface area contributed by atoms with E-state index in [1.807, 2.05) is 13.8 Å². The fourth-order valence-corrected chi connectivity index (χ4v) is 3.92. The molecular weight excluding hydrogens is 353 g/mol. The van der Waals surface area contributed by atoms with E-state index in [0.29, 0.717) is 22.1 Å². The molecule has 0 atom stereocenters. The van der Waals surface area contributed by atoms with Crippen LogP contribution >= 0.6 is 11.3 Å². The van der Waals surface area contributed by atoms with E-state index >= 15 is 0 Å². The topological polar surface area (TPSA) is 68.0 Å². The molecule has 0 aliphatic heterocycles. The lowest BCUT2D eigenvalue weighted by Crippen LogP contribution is -2.11. The molecule has 1 amide bonds. The maximum atomic E-state index is 13.0. The van der Waals surface area contributed by atoms with Gasteiger partial charge in [-0.05, 0) is 55.8 Å². The molecule has 4 aromatic rings. The molecule has 0 saturated carbocycles. The van der Waals surface area contributed by atoms with Gasteiger partial charge in [0.25, 0.3) is 5.91 Å². The van der Waals surface area contributed by atoms with Gasteiger partial charge in [-0.3, -0.25) is 4.79 Å². The molecule has 1 N–H and O–H groups in total. The number of hydrogen-bond donors (Lipinski definition) is 1. The number of rotatable bonds is 3. The average Bonchev–Trinajstić information content (AvgIpc) is 3.25. The zero-order valence-corrected chi connectivity index (χ0v) is 14.9. The first-order chi connectivity index (χ1) is 12.5. The normalized spacial score (nSPS) is 11.0. The number of fused-ring (bicyclic) bond motifs is 1. The third kappa shape index (κ3) is 2.86. The lowest BCUT2D eigenvalue weighted by Gasteiger charge is -2.04. The van der Waals surface area contributed by atoms with Gasteiger partial charge >= 0.3 is 0 Å². The monoisotopic (exact) mass is 367 g/mol. The first kappa shape index (κ1) is 16.4. The molecule has 7 heteroatoms. The second kappa shape index (κ2) is 6.34. The van der Waals surface area contributed by atoms with E-state index in [1.165, 1.54) is 35.6 Å². The van der Waals surface area contributed by atoms with Crippen LogP contribution in [-0.4, -0.2) is 15.9 Å². The van der Waals surface area contributed by atoms with Crippen LogP contribution in [0.2, 0.25) is 0 Å². The van der Waals surface area contributed by atoms with Crippen molar-refractivity contribution in [3.8, 4) is 11.6 Å². The third-order valence-electron chi connectivity index (χ3n) is 4.02. The molecule has 0 fully saturated rings. The SMILES string of the molecule is Cc1nc(-c2ccco2)nc2sc(C(=O)Nc3ccc(F)cc3)c(C)c12. The Morgan fingerprint density at radius 1 is 1.15 bits per heavy atom. The molecule has 5 nitrogen and oxygen atoms in total. The number of thiophene rings is 1. The molecule has 0 aliphatic carbocycles. The van der Waals surface area contributed by atoms with Gasteiger partial charge in [-0.15, -0.1) is 11.3 Å². The summed E-state index contributed by atoms with van der Waals surface area (Å²) in [4.78, 5) is 23.0. The number of aryl methyl sites for hydroxylation is 2. The number of furan rings is 1. The zero-order chi connectivity index (χ0) is 18.3. The van der Waals surface area contributed by atoms with Crippen molar-refractivity contribution in [2.45, 2.75) is 13.8 Å². The maximum Gasteiger partial charge on any atom is 0.266 e. The number of carbonyl (C=O) groups is 1. The predicted molar refractivity (Wildman–Crippen MR) is 98.9 cm³/mol. The number of aromatic nitrogens is 2. The maximum absolute atomic E-state index is 13.0. The van der Waals surface area contributed by atoms with Crippen LogP contribution in [0.1, 0.15) is 20.9 Å². The van der Waals surface area contributed by atoms with Crippen molar-refractivity contribution in [3.63, 3.8) is 0 Å². The molecule has 3 aromatic heterocycles. The Balaban J connectivity index is 1.73. The third-order valence-corrected chi connectivity index (χ3v) is 5.21. The molecule has 4 rings (SSSR count). The van der Waals surface area contributed by atoms with Crippen molar-refractivity contribution in [2.24, 2.45) is 0 Å². The zero-order valence-electron chi connectivity index (χ0n) is 14.0. The van der Waals surface area contributed by atoms with Gasteiger partial charge < -0.3 is 9.73 Å². The van der Waals surface area contributed by atoms with E-state index in [-0.39, 0.29) is 11.7 Å². The first-order valence-electron chi connectivity index (χ1n) is 7.91. The van der Waals surface area contributed by atoms with Crippen LogP contribution in [0.5, 0.6) is 0 Å². The van der Waals surface area contributed by atoms with Crippen molar-refractivity contribution >= 4 is 33.1 Å². The van der Waals surface area contributed by atoms with E-state index in [2.05, 4.69) is 15.3 Å². The average molecular weight is 367 g/mol. The Kier molecular flexibility index (Phi) is 4.00. The highest BCUT2D eigenvalue weighted by Crippen LogP contribution is 2.33. The molecule has 0 unspecified atom stereocenters. The van der Waals surface area contributed by atoms with Crippen LogP contribution < -0.4 is 5.32 Å². The molecular formula is C19H14FN3O2S.